The van der Waals surface area contributed by atoms with Crippen LogP contribution in [0.3, 0.4) is 0 Å². The van der Waals surface area contributed by atoms with Crippen molar-refractivity contribution < 1.29 is 19.0 Å². The minimum absolute atomic E-state index is 0.105. The van der Waals surface area contributed by atoms with Crippen LogP contribution < -0.4 is 10.3 Å². The number of aromatic nitrogens is 2. The number of nitrogens with zero attached hydrogens (tertiary/aromatic N) is 2. The molecule has 0 aliphatic heterocycles. The van der Waals surface area contributed by atoms with Gasteiger partial charge >= 0.3 is 5.97 Å². The van der Waals surface area contributed by atoms with Crippen molar-refractivity contribution in [2.24, 2.45) is 0 Å². The summed E-state index contributed by atoms with van der Waals surface area (Å²) in [6, 6.07) is 9.28. The number of carbonyl (C=O) groups is 1. The summed E-state index contributed by atoms with van der Waals surface area (Å²) in [5, 5.41) is 0.419. The van der Waals surface area contributed by atoms with Crippen molar-refractivity contribution in [3.8, 4) is 5.75 Å². The average molecular weight is 374 g/mol. The molecule has 0 fully saturated rings. The van der Waals surface area contributed by atoms with Crippen LogP contribution in [0.5, 0.6) is 5.75 Å². The zero-order valence-corrected chi connectivity index (χ0v) is 15.2. The van der Waals surface area contributed by atoms with Crippen LogP contribution in [0.2, 0.25) is 0 Å². The van der Waals surface area contributed by atoms with Crippen LogP contribution in [-0.2, 0) is 16.2 Å². The van der Waals surface area contributed by atoms with E-state index in [-0.39, 0.29) is 25.5 Å². The van der Waals surface area contributed by atoms with Crippen molar-refractivity contribution >= 4 is 27.5 Å². The molecule has 0 spiro atoms. The Bertz CT molecular complexity index is 965. The summed E-state index contributed by atoms with van der Waals surface area (Å²) in [4.78, 5) is 29.9. The number of methoxy groups -OCH3 is 1. The Balaban J connectivity index is 1.69. The zero-order chi connectivity index (χ0) is 18.5. The van der Waals surface area contributed by atoms with Crippen molar-refractivity contribution in [1.29, 1.82) is 0 Å². The van der Waals surface area contributed by atoms with Crippen molar-refractivity contribution in [3.63, 3.8) is 0 Å². The highest BCUT2D eigenvalue weighted by molar-refractivity contribution is 7.20. The van der Waals surface area contributed by atoms with Crippen molar-refractivity contribution in [2.75, 3.05) is 20.3 Å². The van der Waals surface area contributed by atoms with E-state index in [0.29, 0.717) is 26.4 Å². The van der Waals surface area contributed by atoms with Gasteiger partial charge in [-0.1, -0.05) is 18.2 Å². The molecule has 0 saturated carbocycles. The quantitative estimate of drug-likeness (QED) is 0.467. The number of ether oxygens (including phenoxy) is 3. The second kappa shape index (κ2) is 8.11. The lowest BCUT2D eigenvalue weighted by Crippen LogP contribution is -2.21. The van der Waals surface area contributed by atoms with Crippen LogP contribution in [0.15, 0.2) is 41.5 Å². The highest BCUT2D eigenvalue weighted by Crippen LogP contribution is 2.27. The van der Waals surface area contributed by atoms with Gasteiger partial charge in [0.05, 0.1) is 5.39 Å². The molecule has 7 nitrogen and oxygen atoms in total. The Labute approximate surface area is 153 Å². The topological polar surface area (TPSA) is 79.7 Å². The number of esters is 1. The van der Waals surface area contributed by atoms with Crippen LogP contribution in [-0.4, -0.2) is 35.8 Å². The Morgan fingerprint density at radius 3 is 2.73 bits per heavy atom. The van der Waals surface area contributed by atoms with Crippen molar-refractivity contribution in [3.05, 3.63) is 57.5 Å². The van der Waals surface area contributed by atoms with Gasteiger partial charge in [-0.3, -0.25) is 9.36 Å². The third-order valence-electron chi connectivity index (χ3n) is 3.70. The van der Waals surface area contributed by atoms with E-state index in [1.54, 1.807) is 6.92 Å². The highest BCUT2D eigenvalue weighted by Gasteiger charge is 2.20. The summed E-state index contributed by atoms with van der Waals surface area (Å²) in [5.74, 6) is 0.226. The fourth-order valence-corrected chi connectivity index (χ4v) is 3.49. The second-order valence-electron chi connectivity index (χ2n) is 5.47. The smallest absolute Gasteiger partial charge is 0.348 e. The number of carbonyl (C=O) groups excluding carboxylic acids is 1. The van der Waals surface area contributed by atoms with Gasteiger partial charge in [-0.25, -0.2) is 9.78 Å². The molecule has 0 N–H and O–H groups in total. The molecule has 0 unspecified atom stereocenters. The number of benzene rings is 1. The number of hydrogen-bond acceptors (Lipinski definition) is 7. The van der Waals surface area contributed by atoms with Gasteiger partial charge in [-0.15, -0.1) is 11.3 Å². The van der Waals surface area contributed by atoms with Gasteiger partial charge in [0, 0.05) is 7.11 Å². The van der Waals surface area contributed by atoms with Gasteiger partial charge in [0.1, 0.15) is 41.7 Å². The van der Waals surface area contributed by atoms with E-state index in [9.17, 15) is 9.59 Å². The summed E-state index contributed by atoms with van der Waals surface area (Å²) >= 11 is 1.15. The summed E-state index contributed by atoms with van der Waals surface area (Å²) < 4.78 is 17.1. The standard InChI is InChI=1S/C18H18N2O5S/c1-12-14-16(19-10-20(11-23-2)17(14)21)26-15(12)18(22)25-9-8-24-13-6-4-3-5-7-13/h3-7,10H,8-9,11H2,1-2H3. The number of aryl methyl sites for hydroxylation is 1. The number of rotatable bonds is 7. The van der Waals surface area contributed by atoms with Gasteiger partial charge < -0.3 is 14.2 Å². The van der Waals surface area contributed by atoms with Gasteiger partial charge in [0.25, 0.3) is 5.56 Å². The molecule has 0 bridgehead atoms. The lowest BCUT2D eigenvalue weighted by Gasteiger charge is -2.06. The molecule has 0 aliphatic carbocycles. The lowest BCUT2D eigenvalue weighted by atomic mass is 10.2. The number of hydrogen-bond donors (Lipinski definition) is 0. The van der Waals surface area contributed by atoms with E-state index in [1.807, 2.05) is 30.3 Å². The number of para-hydroxylation sites is 1. The van der Waals surface area contributed by atoms with Crippen molar-refractivity contribution in [2.45, 2.75) is 13.7 Å². The molecule has 26 heavy (non-hydrogen) atoms. The molecule has 0 radical (unpaired) electrons. The fourth-order valence-electron chi connectivity index (χ4n) is 2.46. The molecule has 136 valence electrons. The first kappa shape index (κ1) is 18.1. The normalized spacial score (nSPS) is 10.8. The maximum atomic E-state index is 12.5. The predicted molar refractivity (Wildman–Crippen MR) is 97.8 cm³/mol. The van der Waals surface area contributed by atoms with Gasteiger partial charge in [-0.2, -0.15) is 0 Å². The van der Waals surface area contributed by atoms with Crippen LogP contribution in [0.4, 0.5) is 0 Å². The molecule has 0 aliphatic rings. The number of thiophene rings is 1. The van der Waals surface area contributed by atoms with E-state index in [0.717, 1.165) is 11.3 Å². The van der Waals surface area contributed by atoms with Crippen LogP contribution in [0.25, 0.3) is 10.2 Å². The van der Waals surface area contributed by atoms with Crippen LogP contribution in [0, 0.1) is 6.92 Å². The zero-order valence-electron chi connectivity index (χ0n) is 14.4. The van der Waals surface area contributed by atoms with Gasteiger partial charge in [-0.05, 0) is 24.6 Å². The first-order valence-corrected chi connectivity index (χ1v) is 8.76. The maximum Gasteiger partial charge on any atom is 0.348 e. The van der Waals surface area contributed by atoms with Crippen LogP contribution >= 0.6 is 11.3 Å². The Kier molecular flexibility index (Phi) is 5.65. The highest BCUT2D eigenvalue weighted by atomic mass is 32.1. The largest absolute Gasteiger partial charge is 0.490 e. The molecular formula is C18H18N2O5S. The average Bonchev–Trinajstić information content (AvgIpc) is 2.99. The third-order valence-corrected chi connectivity index (χ3v) is 4.88. The van der Waals surface area contributed by atoms with E-state index >= 15 is 0 Å². The SMILES string of the molecule is COCn1cnc2sc(C(=O)OCCOc3ccccc3)c(C)c2c1=O. The van der Waals surface area contributed by atoms with E-state index in [4.69, 9.17) is 14.2 Å². The summed E-state index contributed by atoms with van der Waals surface area (Å²) in [6.07, 6.45) is 1.41. The molecule has 0 atom stereocenters. The summed E-state index contributed by atoms with van der Waals surface area (Å²) in [6.45, 7) is 2.19. The summed E-state index contributed by atoms with van der Waals surface area (Å²) in [7, 11) is 1.50. The van der Waals surface area contributed by atoms with Crippen LogP contribution in [0.1, 0.15) is 15.2 Å². The molecule has 0 saturated heterocycles. The Morgan fingerprint density at radius 1 is 1.23 bits per heavy atom. The first-order valence-electron chi connectivity index (χ1n) is 7.94. The Hall–Kier alpha value is -2.71. The minimum atomic E-state index is -0.486. The fraction of sp³-hybridized carbons (Fsp3) is 0.278. The number of fused-ring (bicyclic) bond motifs is 1. The Morgan fingerprint density at radius 2 is 2.00 bits per heavy atom. The second-order valence-corrected chi connectivity index (χ2v) is 6.47. The van der Waals surface area contributed by atoms with Gasteiger partial charge in [0.15, 0.2) is 0 Å². The molecule has 1 aromatic carbocycles. The first-order chi connectivity index (χ1) is 12.6. The molecular weight excluding hydrogens is 356 g/mol. The molecule has 3 aromatic rings. The third kappa shape index (κ3) is 3.76. The molecule has 3 rings (SSSR count). The predicted octanol–water partition coefficient (Wildman–Crippen LogP) is 2.61. The molecule has 2 heterocycles. The van der Waals surface area contributed by atoms with E-state index in [1.165, 1.54) is 18.0 Å². The minimum Gasteiger partial charge on any atom is -0.490 e. The monoisotopic (exact) mass is 374 g/mol. The molecule has 2 aromatic heterocycles. The van der Waals surface area contributed by atoms with Crippen molar-refractivity contribution in [1.82, 2.24) is 9.55 Å². The van der Waals surface area contributed by atoms with Gasteiger partial charge in [0.2, 0.25) is 0 Å². The van der Waals surface area contributed by atoms with E-state index in [2.05, 4.69) is 4.98 Å². The molecule has 0 amide bonds. The lowest BCUT2D eigenvalue weighted by molar-refractivity contribution is 0.0455. The van der Waals surface area contributed by atoms with E-state index < -0.39 is 5.97 Å². The summed E-state index contributed by atoms with van der Waals surface area (Å²) in [5.41, 5.74) is 0.332. The molecule has 8 heteroatoms. The maximum absolute atomic E-state index is 12.5.